The van der Waals surface area contributed by atoms with Gasteiger partial charge in [0.15, 0.2) is 0 Å². The third-order valence-corrected chi connectivity index (χ3v) is 2.58. The van der Waals surface area contributed by atoms with Crippen molar-refractivity contribution in [3.63, 3.8) is 0 Å². The van der Waals surface area contributed by atoms with E-state index < -0.39 is 0 Å². The van der Waals surface area contributed by atoms with E-state index in [2.05, 4.69) is 34.6 Å². The predicted octanol–water partition coefficient (Wildman–Crippen LogP) is 2.12. The van der Waals surface area contributed by atoms with Crippen LogP contribution < -0.4 is 5.73 Å². The molecular formula is C8H12IN3S. The summed E-state index contributed by atoms with van der Waals surface area (Å²) in [5, 5.41) is 4.23. The van der Waals surface area contributed by atoms with Crippen LogP contribution in [0.5, 0.6) is 0 Å². The molecule has 0 saturated heterocycles. The van der Waals surface area contributed by atoms with Crippen LogP contribution in [-0.4, -0.2) is 14.8 Å². The van der Waals surface area contributed by atoms with Crippen LogP contribution in [0.4, 0.5) is 0 Å². The lowest BCUT2D eigenvalue weighted by molar-refractivity contribution is 0.455. The molecule has 0 radical (unpaired) electrons. The number of nitrogens with two attached hydrogens (primary N) is 1. The first-order valence-electron chi connectivity index (χ1n) is 4.11. The van der Waals surface area contributed by atoms with E-state index in [4.69, 9.17) is 18.0 Å². The van der Waals surface area contributed by atoms with Gasteiger partial charge in [-0.15, -0.1) is 0 Å². The van der Waals surface area contributed by atoms with E-state index in [9.17, 15) is 0 Å². The summed E-state index contributed by atoms with van der Waals surface area (Å²) < 4.78 is 3.07. The van der Waals surface area contributed by atoms with Crippen LogP contribution in [0.2, 0.25) is 0 Å². The molecule has 0 aliphatic heterocycles. The van der Waals surface area contributed by atoms with Gasteiger partial charge in [0.1, 0.15) is 0 Å². The maximum Gasteiger partial charge on any atom is 0.0748 e. The Morgan fingerprint density at radius 2 is 2.54 bits per heavy atom. The smallest absolute Gasteiger partial charge is 0.0748 e. The van der Waals surface area contributed by atoms with E-state index in [0.717, 1.165) is 16.4 Å². The van der Waals surface area contributed by atoms with Crippen LogP contribution in [-0.2, 0) is 0 Å². The number of thiocarbonyl (C=S) groups is 1. The van der Waals surface area contributed by atoms with Crippen molar-refractivity contribution >= 4 is 39.8 Å². The van der Waals surface area contributed by atoms with Gasteiger partial charge in [0.25, 0.3) is 0 Å². The fourth-order valence-corrected chi connectivity index (χ4v) is 1.77. The highest BCUT2D eigenvalue weighted by molar-refractivity contribution is 14.1. The minimum Gasteiger partial charge on any atom is -0.393 e. The second kappa shape index (κ2) is 4.90. The number of rotatable bonds is 4. The van der Waals surface area contributed by atoms with Crippen molar-refractivity contribution in [2.24, 2.45) is 5.73 Å². The van der Waals surface area contributed by atoms with Crippen molar-refractivity contribution < 1.29 is 0 Å². The molecule has 1 heterocycles. The van der Waals surface area contributed by atoms with E-state index >= 15 is 0 Å². The minimum atomic E-state index is 0.306. The summed E-state index contributed by atoms with van der Waals surface area (Å²) >= 11 is 7.12. The van der Waals surface area contributed by atoms with E-state index in [-0.39, 0.29) is 0 Å². The fourth-order valence-electron chi connectivity index (χ4n) is 1.17. The van der Waals surface area contributed by atoms with Gasteiger partial charge in [-0.05, 0) is 29.0 Å². The maximum absolute atomic E-state index is 5.50. The van der Waals surface area contributed by atoms with Gasteiger partial charge in [0.2, 0.25) is 0 Å². The van der Waals surface area contributed by atoms with Crippen molar-refractivity contribution in [2.45, 2.75) is 25.8 Å². The Bertz CT molecular complexity index is 297. The molecule has 0 bridgehead atoms. The summed E-state index contributed by atoms with van der Waals surface area (Å²) in [6.07, 6.45) is 5.56. The molecule has 1 aromatic heterocycles. The van der Waals surface area contributed by atoms with Crippen LogP contribution >= 0.6 is 34.8 Å². The molecule has 0 saturated carbocycles. The first-order chi connectivity index (χ1) is 6.13. The number of halogens is 1. The van der Waals surface area contributed by atoms with Crippen molar-refractivity contribution in [3.8, 4) is 0 Å². The summed E-state index contributed by atoms with van der Waals surface area (Å²) in [5.74, 6) is 0. The fraction of sp³-hybridized carbons (Fsp3) is 0.500. The Kier molecular flexibility index (Phi) is 4.11. The second-order valence-corrected chi connectivity index (χ2v) is 4.64. The van der Waals surface area contributed by atoms with Crippen LogP contribution in [0.3, 0.4) is 0 Å². The molecule has 2 N–H and O–H groups in total. The highest BCUT2D eigenvalue weighted by Gasteiger charge is 2.10. The predicted molar refractivity (Wildman–Crippen MR) is 65.7 cm³/mol. The van der Waals surface area contributed by atoms with Gasteiger partial charge in [-0.2, -0.15) is 5.10 Å². The quantitative estimate of drug-likeness (QED) is 0.684. The van der Waals surface area contributed by atoms with Gasteiger partial charge in [0.05, 0.1) is 20.8 Å². The molecule has 1 rings (SSSR count). The van der Waals surface area contributed by atoms with Crippen LogP contribution in [0.15, 0.2) is 12.4 Å². The zero-order valence-corrected chi connectivity index (χ0v) is 10.4. The number of nitrogens with zero attached hydrogens (tertiary/aromatic N) is 2. The Morgan fingerprint density at radius 3 is 2.92 bits per heavy atom. The van der Waals surface area contributed by atoms with E-state index in [1.54, 1.807) is 0 Å². The van der Waals surface area contributed by atoms with Crippen molar-refractivity contribution in [1.29, 1.82) is 0 Å². The van der Waals surface area contributed by atoms with E-state index in [0.29, 0.717) is 11.0 Å². The number of hydrogen-bond acceptors (Lipinski definition) is 2. The molecule has 5 heteroatoms. The monoisotopic (exact) mass is 309 g/mol. The summed E-state index contributed by atoms with van der Waals surface area (Å²) in [4.78, 5) is 0.553. The third kappa shape index (κ3) is 3.22. The molecule has 13 heavy (non-hydrogen) atoms. The van der Waals surface area contributed by atoms with Crippen LogP contribution in [0.1, 0.15) is 25.8 Å². The summed E-state index contributed by atoms with van der Waals surface area (Å²) in [6.45, 7) is 2.11. The Labute approximate surface area is 96.8 Å². The molecule has 0 amide bonds. The molecule has 0 aromatic carbocycles. The highest BCUT2D eigenvalue weighted by Crippen LogP contribution is 2.16. The highest BCUT2D eigenvalue weighted by atomic mass is 127. The average molecular weight is 309 g/mol. The molecule has 0 aliphatic carbocycles. The first kappa shape index (κ1) is 10.9. The van der Waals surface area contributed by atoms with Crippen LogP contribution in [0.25, 0.3) is 0 Å². The Morgan fingerprint density at radius 1 is 1.85 bits per heavy atom. The Hall–Kier alpha value is -0.170. The molecule has 1 atom stereocenters. The lowest BCUT2D eigenvalue weighted by atomic mass is 10.1. The van der Waals surface area contributed by atoms with Gasteiger partial charge in [-0.25, -0.2) is 0 Å². The SMILES string of the molecule is CCC(CC(N)=S)n1cc(I)cn1. The molecule has 3 nitrogen and oxygen atoms in total. The molecule has 0 aliphatic rings. The zero-order chi connectivity index (χ0) is 9.84. The largest absolute Gasteiger partial charge is 0.393 e. The molecule has 72 valence electrons. The molecule has 1 aromatic rings. The van der Waals surface area contributed by atoms with Crippen molar-refractivity contribution in [2.75, 3.05) is 0 Å². The van der Waals surface area contributed by atoms with E-state index in [1.165, 1.54) is 0 Å². The molecular weight excluding hydrogens is 297 g/mol. The van der Waals surface area contributed by atoms with Gasteiger partial charge in [0, 0.05) is 12.6 Å². The third-order valence-electron chi connectivity index (χ3n) is 1.85. The number of hydrogen-bond donors (Lipinski definition) is 1. The van der Waals surface area contributed by atoms with Gasteiger partial charge in [-0.3, -0.25) is 4.68 Å². The normalized spacial score (nSPS) is 12.8. The average Bonchev–Trinajstić information content (AvgIpc) is 2.47. The van der Waals surface area contributed by atoms with Crippen LogP contribution in [0, 0.1) is 3.57 Å². The first-order valence-corrected chi connectivity index (χ1v) is 5.60. The van der Waals surface area contributed by atoms with Crippen molar-refractivity contribution in [1.82, 2.24) is 9.78 Å². The lowest BCUT2D eigenvalue weighted by Crippen LogP contribution is -2.17. The number of aromatic nitrogens is 2. The molecule has 0 fully saturated rings. The zero-order valence-electron chi connectivity index (χ0n) is 7.40. The summed E-state index contributed by atoms with van der Waals surface area (Å²) in [7, 11) is 0. The molecule has 0 spiro atoms. The van der Waals surface area contributed by atoms with Gasteiger partial charge in [-0.1, -0.05) is 19.1 Å². The van der Waals surface area contributed by atoms with Crippen molar-refractivity contribution in [3.05, 3.63) is 16.0 Å². The van der Waals surface area contributed by atoms with Gasteiger partial charge < -0.3 is 5.73 Å². The second-order valence-electron chi connectivity index (χ2n) is 2.87. The van der Waals surface area contributed by atoms with Gasteiger partial charge >= 0.3 is 0 Å². The summed E-state index contributed by atoms with van der Waals surface area (Å²) in [6, 6.07) is 0.306. The minimum absolute atomic E-state index is 0.306. The molecule has 1 unspecified atom stereocenters. The van der Waals surface area contributed by atoms with E-state index in [1.807, 2.05) is 17.1 Å². The Balaban J connectivity index is 2.72. The topological polar surface area (TPSA) is 43.8 Å². The standard InChI is InChI=1S/C8H12IN3S/c1-2-7(3-8(10)13)12-5-6(9)4-11-12/h4-5,7H,2-3H2,1H3,(H2,10,13). The maximum atomic E-state index is 5.50. The summed E-state index contributed by atoms with van der Waals surface area (Å²) in [5.41, 5.74) is 5.50. The lowest BCUT2D eigenvalue weighted by Gasteiger charge is -2.13.